The predicted octanol–water partition coefficient (Wildman–Crippen LogP) is 4.37. The molecule has 0 spiro atoms. The minimum atomic E-state index is 0.694. The van der Waals surface area contributed by atoms with Crippen molar-refractivity contribution in [3.05, 3.63) is 96.7 Å². The van der Waals surface area contributed by atoms with Crippen molar-refractivity contribution in [2.45, 2.75) is 6.54 Å². The topological polar surface area (TPSA) is 30.9 Å². The fraction of sp³-hybridized carbons (Fsp3) is 0.0476. The largest absolute Gasteiger partial charge is 0.457 e. The summed E-state index contributed by atoms with van der Waals surface area (Å²) < 4.78 is 9.56. The Hall–Kier alpha value is -3.05. The predicted molar refractivity (Wildman–Crippen MR) is 104 cm³/mol. The second kappa shape index (κ2) is 7.45. The van der Waals surface area contributed by atoms with Gasteiger partial charge in [-0.1, -0.05) is 60.7 Å². The zero-order chi connectivity index (χ0) is 17.8. The van der Waals surface area contributed by atoms with Crippen molar-refractivity contribution in [3.63, 3.8) is 0 Å². The van der Waals surface area contributed by atoms with Gasteiger partial charge in [0.1, 0.15) is 18.0 Å². The summed E-state index contributed by atoms with van der Waals surface area (Å²) in [7, 11) is 0. The fourth-order valence-electron chi connectivity index (χ4n) is 2.76. The Kier molecular flexibility index (Phi) is 4.71. The molecule has 0 saturated heterocycles. The van der Waals surface area contributed by atoms with Crippen molar-refractivity contribution in [3.8, 4) is 22.8 Å². The fourth-order valence-corrected chi connectivity index (χ4v) is 2.97. The van der Waals surface area contributed by atoms with Crippen LogP contribution in [0.5, 0.6) is 11.5 Å². The molecule has 0 aliphatic rings. The molecule has 0 aliphatic heterocycles. The van der Waals surface area contributed by atoms with Gasteiger partial charge in [0, 0.05) is 17.0 Å². The number of para-hydroxylation sites is 2. The molecule has 0 unspecified atom stereocenters. The number of hydrogen-bond donors (Lipinski definition) is 1. The van der Waals surface area contributed by atoms with Crippen LogP contribution in [0.1, 0.15) is 5.56 Å². The van der Waals surface area contributed by atoms with Crippen LogP contribution in [0.2, 0.25) is 0 Å². The number of aromatic nitrogens is 3. The summed E-state index contributed by atoms with van der Waals surface area (Å²) in [6.45, 7) is 0.694. The molecular weight excluding hydrogens is 342 g/mol. The Balaban J connectivity index is 1.65. The van der Waals surface area contributed by atoms with Gasteiger partial charge in [0.15, 0.2) is 6.20 Å². The van der Waals surface area contributed by atoms with E-state index < -0.39 is 0 Å². The van der Waals surface area contributed by atoms with Crippen molar-refractivity contribution in [2.75, 3.05) is 0 Å². The molecule has 1 aromatic heterocycles. The van der Waals surface area contributed by atoms with E-state index in [-0.39, 0.29) is 0 Å². The molecule has 26 heavy (non-hydrogen) atoms. The lowest BCUT2D eigenvalue weighted by molar-refractivity contribution is -0.754. The summed E-state index contributed by atoms with van der Waals surface area (Å²) in [5.41, 5.74) is 2.92. The average molecular weight is 360 g/mol. The molecule has 0 atom stereocenters. The molecule has 0 fully saturated rings. The monoisotopic (exact) mass is 360 g/mol. The van der Waals surface area contributed by atoms with Gasteiger partial charge in [0.2, 0.25) is 0 Å². The van der Waals surface area contributed by atoms with E-state index in [4.69, 9.17) is 4.74 Å². The second-order valence-electron chi connectivity index (χ2n) is 5.88. The lowest BCUT2D eigenvalue weighted by Gasteiger charge is -2.07. The first-order chi connectivity index (χ1) is 12.8. The minimum Gasteiger partial charge on any atom is -0.457 e. The lowest BCUT2D eigenvalue weighted by Crippen LogP contribution is -2.40. The zero-order valence-corrected chi connectivity index (χ0v) is 15.0. The van der Waals surface area contributed by atoms with E-state index >= 15 is 0 Å². The van der Waals surface area contributed by atoms with Crippen LogP contribution in [0.4, 0.5) is 0 Å². The molecule has 0 bridgehead atoms. The molecule has 0 radical (unpaired) electrons. The Morgan fingerprint density at radius 2 is 1.50 bits per heavy atom. The highest BCUT2D eigenvalue weighted by Crippen LogP contribution is 2.31. The number of hydrogen-bond acceptors (Lipinski definition) is 3. The Morgan fingerprint density at radius 3 is 2.27 bits per heavy atom. The van der Waals surface area contributed by atoms with Gasteiger partial charge in [0.05, 0.1) is 10.7 Å². The van der Waals surface area contributed by atoms with Gasteiger partial charge in [-0.05, 0) is 29.8 Å². The molecule has 0 aliphatic carbocycles. The van der Waals surface area contributed by atoms with Gasteiger partial charge in [-0.2, -0.15) is 0 Å². The first kappa shape index (κ1) is 16.4. The summed E-state index contributed by atoms with van der Waals surface area (Å²) in [5.74, 6) is 1.56. The summed E-state index contributed by atoms with van der Waals surface area (Å²) in [4.78, 5) is 0. The van der Waals surface area contributed by atoms with Crippen LogP contribution in [-0.4, -0.2) is 9.30 Å². The highest BCUT2D eigenvalue weighted by Gasteiger charge is 2.20. The maximum Gasteiger partial charge on any atom is 0.253 e. The third-order valence-electron chi connectivity index (χ3n) is 4.02. The van der Waals surface area contributed by atoms with Crippen LogP contribution in [-0.2, 0) is 6.54 Å². The van der Waals surface area contributed by atoms with E-state index in [1.807, 2.05) is 83.7 Å². The number of ether oxygens (including phenoxy) is 1. The maximum absolute atomic E-state index is 6.05. The minimum absolute atomic E-state index is 0.694. The maximum atomic E-state index is 6.05. The Labute approximate surface area is 157 Å². The number of thiol groups is 1. The molecule has 4 nitrogen and oxygen atoms in total. The first-order valence-electron chi connectivity index (χ1n) is 8.35. The molecule has 0 amide bonds. The standard InChI is InChI=1S/C21H18N3OS/c26-24-22-20(16-23(24)15-17-9-3-1-4-10-17)19-13-7-8-14-21(19)25-18-11-5-2-6-12-18/h1-14,16H,15H2,(H,22,26)/q+1. The quantitative estimate of drug-likeness (QED) is 0.423. The van der Waals surface area contributed by atoms with Gasteiger partial charge in [-0.3, -0.25) is 0 Å². The number of rotatable bonds is 5. The third-order valence-corrected chi connectivity index (χ3v) is 4.34. The molecule has 4 rings (SSSR count). The van der Waals surface area contributed by atoms with Crippen LogP contribution < -0.4 is 9.42 Å². The van der Waals surface area contributed by atoms with E-state index in [0.717, 1.165) is 22.8 Å². The summed E-state index contributed by atoms with van der Waals surface area (Å²) in [6, 6.07) is 27.8. The number of benzene rings is 3. The Morgan fingerprint density at radius 1 is 0.846 bits per heavy atom. The number of nitrogens with zero attached hydrogens (tertiary/aromatic N) is 3. The average Bonchev–Trinajstić information content (AvgIpc) is 3.04. The highest BCUT2D eigenvalue weighted by atomic mass is 32.1. The van der Waals surface area contributed by atoms with Gasteiger partial charge in [0.25, 0.3) is 5.69 Å². The molecule has 5 heteroatoms. The first-order valence-corrected chi connectivity index (χ1v) is 8.75. The molecule has 1 heterocycles. The van der Waals surface area contributed by atoms with Crippen LogP contribution in [0.15, 0.2) is 91.1 Å². The van der Waals surface area contributed by atoms with Crippen molar-refractivity contribution in [1.29, 1.82) is 0 Å². The normalized spacial score (nSPS) is 10.7. The van der Waals surface area contributed by atoms with Crippen LogP contribution in [0, 0.1) is 0 Å². The van der Waals surface area contributed by atoms with Crippen LogP contribution in [0.3, 0.4) is 0 Å². The summed E-state index contributed by atoms with van der Waals surface area (Å²) >= 11 is 4.46. The van der Waals surface area contributed by atoms with Gasteiger partial charge in [-0.25, -0.2) is 0 Å². The molecule has 3 aromatic carbocycles. The molecular formula is C21H18N3OS+. The van der Waals surface area contributed by atoms with E-state index in [1.165, 1.54) is 5.56 Å². The van der Waals surface area contributed by atoms with E-state index in [1.54, 1.807) is 4.20 Å². The van der Waals surface area contributed by atoms with Crippen molar-refractivity contribution >= 4 is 12.8 Å². The van der Waals surface area contributed by atoms with Gasteiger partial charge < -0.3 is 4.74 Å². The molecule has 4 aromatic rings. The third kappa shape index (κ3) is 3.63. The summed E-state index contributed by atoms with van der Waals surface area (Å²) in [6.07, 6.45) is 1.98. The van der Waals surface area contributed by atoms with Crippen LogP contribution in [0.25, 0.3) is 11.3 Å². The van der Waals surface area contributed by atoms with Crippen molar-refractivity contribution in [1.82, 2.24) is 9.30 Å². The van der Waals surface area contributed by atoms with Crippen molar-refractivity contribution < 1.29 is 9.42 Å². The van der Waals surface area contributed by atoms with Crippen molar-refractivity contribution in [2.24, 2.45) is 0 Å². The van der Waals surface area contributed by atoms with Crippen LogP contribution >= 0.6 is 12.8 Å². The Bertz CT molecular complexity index is 1000. The SMILES string of the molecule is Sn1nc(-c2ccccc2Oc2ccccc2)c[n+]1Cc1ccccc1. The van der Waals surface area contributed by atoms with E-state index in [2.05, 4.69) is 30.0 Å². The molecule has 128 valence electrons. The van der Waals surface area contributed by atoms with Gasteiger partial charge >= 0.3 is 0 Å². The second-order valence-corrected chi connectivity index (χ2v) is 6.23. The highest BCUT2D eigenvalue weighted by molar-refractivity contribution is 7.78. The molecule has 0 N–H and O–H groups in total. The lowest BCUT2D eigenvalue weighted by atomic mass is 10.1. The van der Waals surface area contributed by atoms with E-state index in [9.17, 15) is 0 Å². The molecule has 0 saturated carbocycles. The van der Waals surface area contributed by atoms with E-state index in [0.29, 0.717) is 6.54 Å². The smallest absolute Gasteiger partial charge is 0.253 e. The summed E-state index contributed by atoms with van der Waals surface area (Å²) in [5, 5.41) is 4.54. The zero-order valence-electron chi connectivity index (χ0n) is 14.1. The van der Waals surface area contributed by atoms with Gasteiger partial charge in [-0.15, -0.1) is 4.68 Å².